The molecule has 4 rings (SSSR count). The molecule has 28 heavy (non-hydrogen) atoms. The van der Waals surface area contributed by atoms with Crippen molar-refractivity contribution >= 4 is 17.5 Å². The Hall–Kier alpha value is -0.960. The quantitative estimate of drug-likeness (QED) is 0.729. The van der Waals surface area contributed by atoms with E-state index in [1.807, 2.05) is 43.9 Å². The number of Topliss-reactive ketones (excluding diaryl/α,β-unsaturated/α-hetero) is 1. The molecular weight excluding hydrogens is 378 g/mol. The van der Waals surface area contributed by atoms with Gasteiger partial charge in [0.05, 0.1) is 22.6 Å². The molecule has 4 unspecified atom stereocenters. The number of aliphatic hydroxyl groups is 2. The molecular formula is C21H29NO5S. The zero-order chi connectivity index (χ0) is 20.1. The zero-order valence-corrected chi connectivity index (χ0v) is 17.4. The fraction of sp³-hybridized carbons (Fsp3) is 0.667. The molecule has 7 heteroatoms. The molecule has 1 aliphatic carbocycles. The Bertz CT molecular complexity index is 741. The summed E-state index contributed by atoms with van der Waals surface area (Å²) in [5.74, 6) is 0.534. The van der Waals surface area contributed by atoms with Gasteiger partial charge >= 0.3 is 0 Å². The van der Waals surface area contributed by atoms with Gasteiger partial charge in [0.1, 0.15) is 6.10 Å². The molecule has 0 bridgehead atoms. The van der Waals surface area contributed by atoms with E-state index in [9.17, 15) is 15.0 Å². The van der Waals surface area contributed by atoms with Gasteiger partial charge < -0.3 is 19.7 Å². The van der Waals surface area contributed by atoms with Gasteiger partial charge in [-0.1, -0.05) is 24.3 Å². The van der Waals surface area contributed by atoms with E-state index in [4.69, 9.17) is 9.47 Å². The molecule has 2 aliphatic heterocycles. The Morgan fingerprint density at radius 2 is 1.96 bits per heavy atom. The molecule has 6 nitrogen and oxygen atoms in total. The minimum absolute atomic E-state index is 0.207. The van der Waals surface area contributed by atoms with Crippen LogP contribution in [0.2, 0.25) is 0 Å². The average Bonchev–Trinajstić information content (AvgIpc) is 2.65. The van der Waals surface area contributed by atoms with Crippen molar-refractivity contribution in [3.8, 4) is 0 Å². The van der Waals surface area contributed by atoms with Gasteiger partial charge in [0.15, 0.2) is 5.78 Å². The highest BCUT2D eigenvalue weighted by Crippen LogP contribution is 2.49. The third kappa shape index (κ3) is 3.76. The van der Waals surface area contributed by atoms with Crippen molar-refractivity contribution in [1.29, 1.82) is 0 Å². The number of thioether (sulfide) groups is 1. The first-order valence-corrected chi connectivity index (χ1v) is 10.9. The Morgan fingerprint density at radius 1 is 1.29 bits per heavy atom. The van der Waals surface area contributed by atoms with Crippen LogP contribution >= 0.6 is 11.8 Å². The van der Waals surface area contributed by atoms with Crippen LogP contribution < -0.4 is 0 Å². The van der Waals surface area contributed by atoms with Crippen molar-refractivity contribution in [2.75, 3.05) is 18.8 Å². The van der Waals surface area contributed by atoms with Crippen molar-refractivity contribution in [3.05, 3.63) is 35.4 Å². The third-order valence-corrected chi connectivity index (χ3v) is 7.39. The van der Waals surface area contributed by atoms with Crippen molar-refractivity contribution in [2.45, 2.75) is 68.7 Å². The number of piperidine rings is 1. The maximum Gasteiger partial charge on any atom is 0.216 e. The van der Waals surface area contributed by atoms with Crippen molar-refractivity contribution < 1.29 is 24.5 Å². The normalized spacial score (nSPS) is 31.3. The van der Waals surface area contributed by atoms with Crippen LogP contribution in [-0.4, -0.2) is 68.7 Å². The predicted molar refractivity (Wildman–Crippen MR) is 107 cm³/mol. The number of aliphatic hydroxyl groups excluding tert-OH is 2. The molecule has 3 aliphatic rings. The minimum Gasteiger partial charge on any atom is -0.384 e. The third-order valence-electron chi connectivity index (χ3n) is 5.81. The standard InChI is InChI=1S/C21H29NO5S/c1-20(2,3)27-19(25)22-10-8-21(9-11-22)12-28-18-16(24)15(23)13-6-4-5-7-14(13)17(18)26-21/h4-7,16-19,24-25H,8-12H2,1-3H3. The molecule has 2 N–H and O–H groups in total. The Labute approximate surface area is 170 Å². The number of nitrogens with zero attached hydrogens (tertiary/aromatic N) is 1. The highest BCUT2D eigenvalue weighted by atomic mass is 32.2. The second kappa shape index (κ2) is 7.38. The summed E-state index contributed by atoms with van der Waals surface area (Å²) < 4.78 is 12.3. The summed E-state index contributed by atoms with van der Waals surface area (Å²) in [7, 11) is 0. The highest BCUT2D eigenvalue weighted by Gasteiger charge is 2.51. The lowest BCUT2D eigenvalue weighted by Gasteiger charge is -2.51. The van der Waals surface area contributed by atoms with E-state index in [1.165, 1.54) is 0 Å². The lowest BCUT2D eigenvalue weighted by Crippen LogP contribution is -2.57. The monoisotopic (exact) mass is 407 g/mol. The van der Waals surface area contributed by atoms with Gasteiger partial charge in [-0.2, -0.15) is 0 Å². The van der Waals surface area contributed by atoms with Gasteiger partial charge in [0.25, 0.3) is 0 Å². The van der Waals surface area contributed by atoms with E-state index in [1.54, 1.807) is 17.8 Å². The first-order chi connectivity index (χ1) is 13.2. The number of carbonyl (C=O) groups excluding carboxylic acids is 1. The number of ketones is 1. The largest absolute Gasteiger partial charge is 0.384 e. The van der Waals surface area contributed by atoms with Gasteiger partial charge in [-0.3, -0.25) is 9.69 Å². The zero-order valence-electron chi connectivity index (χ0n) is 16.6. The van der Waals surface area contributed by atoms with Crippen LogP contribution in [0.4, 0.5) is 0 Å². The Balaban J connectivity index is 1.48. The fourth-order valence-electron chi connectivity index (χ4n) is 4.29. The van der Waals surface area contributed by atoms with Crippen molar-refractivity contribution in [2.24, 2.45) is 0 Å². The summed E-state index contributed by atoms with van der Waals surface area (Å²) in [6.45, 7) is 7.14. The van der Waals surface area contributed by atoms with Crippen LogP contribution in [-0.2, 0) is 9.47 Å². The molecule has 1 spiro atoms. The Kier molecular flexibility index (Phi) is 5.35. The van der Waals surface area contributed by atoms with Crippen LogP contribution in [0.3, 0.4) is 0 Å². The molecule has 2 heterocycles. The second-order valence-electron chi connectivity index (χ2n) is 8.99. The average molecular weight is 408 g/mol. The van der Waals surface area contributed by atoms with Gasteiger partial charge in [0.2, 0.25) is 6.41 Å². The smallest absolute Gasteiger partial charge is 0.216 e. The Morgan fingerprint density at radius 3 is 2.64 bits per heavy atom. The van der Waals surface area contributed by atoms with Crippen LogP contribution in [0, 0.1) is 0 Å². The van der Waals surface area contributed by atoms with Crippen LogP contribution in [0.25, 0.3) is 0 Å². The molecule has 1 aromatic carbocycles. The summed E-state index contributed by atoms with van der Waals surface area (Å²) in [4.78, 5) is 14.4. The number of likely N-dealkylation sites (tertiary alicyclic amines) is 1. The molecule has 0 radical (unpaired) electrons. The van der Waals surface area contributed by atoms with E-state index in [-0.39, 0.29) is 22.7 Å². The number of benzene rings is 1. The number of ether oxygens (including phenoxy) is 2. The van der Waals surface area contributed by atoms with Crippen LogP contribution in [0.5, 0.6) is 0 Å². The number of fused-ring (bicyclic) bond motifs is 3. The number of hydrogen-bond acceptors (Lipinski definition) is 7. The molecule has 1 aromatic rings. The van der Waals surface area contributed by atoms with E-state index in [0.717, 1.165) is 24.2 Å². The number of carbonyl (C=O) groups is 1. The molecule has 0 aromatic heterocycles. The van der Waals surface area contributed by atoms with E-state index >= 15 is 0 Å². The molecule has 0 saturated carbocycles. The van der Waals surface area contributed by atoms with Crippen molar-refractivity contribution in [1.82, 2.24) is 4.90 Å². The predicted octanol–water partition coefficient (Wildman–Crippen LogP) is 2.34. The summed E-state index contributed by atoms with van der Waals surface area (Å²) in [6, 6.07) is 7.45. The van der Waals surface area contributed by atoms with E-state index in [2.05, 4.69) is 0 Å². The topological polar surface area (TPSA) is 79.2 Å². The molecule has 4 atom stereocenters. The highest BCUT2D eigenvalue weighted by molar-refractivity contribution is 8.00. The molecule has 2 saturated heterocycles. The first-order valence-electron chi connectivity index (χ1n) is 9.90. The van der Waals surface area contributed by atoms with Gasteiger partial charge in [-0.15, -0.1) is 11.8 Å². The molecule has 154 valence electrons. The van der Waals surface area contributed by atoms with E-state index < -0.39 is 18.1 Å². The summed E-state index contributed by atoms with van der Waals surface area (Å²) in [6.07, 6.45) is -0.675. The van der Waals surface area contributed by atoms with Gasteiger partial charge in [-0.25, -0.2) is 0 Å². The van der Waals surface area contributed by atoms with Gasteiger partial charge in [0, 0.05) is 24.4 Å². The SMILES string of the molecule is CC(C)(C)OC(O)N1CCC2(CC1)CSC1C(O)C(=O)c3ccccc3C1O2. The maximum absolute atomic E-state index is 12.5. The summed E-state index contributed by atoms with van der Waals surface area (Å²) >= 11 is 1.64. The summed E-state index contributed by atoms with van der Waals surface area (Å²) in [5, 5.41) is 20.6. The second-order valence-corrected chi connectivity index (χ2v) is 10.2. The molecule has 0 amide bonds. The lowest BCUT2D eigenvalue weighted by atomic mass is 9.84. The number of rotatable bonds is 2. The van der Waals surface area contributed by atoms with E-state index in [0.29, 0.717) is 18.7 Å². The van der Waals surface area contributed by atoms with Crippen LogP contribution in [0.1, 0.15) is 55.6 Å². The minimum atomic E-state index is -1.02. The first kappa shape index (κ1) is 20.3. The maximum atomic E-state index is 12.5. The summed E-state index contributed by atoms with van der Waals surface area (Å²) in [5.41, 5.74) is 0.734. The van der Waals surface area contributed by atoms with Crippen LogP contribution in [0.15, 0.2) is 24.3 Å². The lowest BCUT2D eigenvalue weighted by molar-refractivity contribution is -0.252. The van der Waals surface area contributed by atoms with Crippen molar-refractivity contribution in [3.63, 3.8) is 0 Å². The number of hydrogen-bond donors (Lipinski definition) is 2. The fourth-order valence-corrected chi connectivity index (χ4v) is 5.82. The van der Waals surface area contributed by atoms with Gasteiger partial charge in [-0.05, 0) is 39.2 Å². The molecule has 2 fully saturated rings.